The number of ether oxygens (including phenoxy) is 1. The zero-order valence-corrected chi connectivity index (χ0v) is 13.9. The molecule has 132 valence electrons. The minimum atomic E-state index is -4.57. The van der Waals surface area contributed by atoms with Gasteiger partial charge in [0.2, 0.25) is 6.41 Å². The third-order valence-corrected chi connectivity index (χ3v) is 3.60. The Balaban J connectivity index is 2.57. The van der Waals surface area contributed by atoms with E-state index in [4.69, 9.17) is 16.3 Å². The number of methoxy groups -OCH3 is 1. The maximum absolute atomic E-state index is 13.5. The van der Waals surface area contributed by atoms with E-state index in [1.807, 2.05) is 0 Å². The number of benzene rings is 2. The number of hydrogen-bond acceptors (Lipinski definition) is 3. The van der Waals surface area contributed by atoms with E-state index in [1.54, 1.807) is 0 Å². The Bertz CT molecular complexity index is 774. The summed E-state index contributed by atoms with van der Waals surface area (Å²) in [4.78, 5) is 10.4. The van der Waals surface area contributed by atoms with Crippen molar-refractivity contribution in [2.75, 3.05) is 13.7 Å². The molecular weight excluding hydrogens is 357 g/mol. The molecule has 2 aromatic rings. The molecule has 0 aliphatic heterocycles. The first-order chi connectivity index (χ1) is 11.9. The summed E-state index contributed by atoms with van der Waals surface area (Å²) in [7, 11) is 1.38. The van der Waals surface area contributed by atoms with Gasteiger partial charge in [0.25, 0.3) is 0 Å². The van der Waals surface area contributed by atoms with E-state index in [1.165, 1.54) is 43.5 Å². The third-order valence-electron chi connectivity index (χ3n) is 3.35. The van der Waals surface area contributed by atoms with Crippen LogP contribution in [0.5, 0.6) is 0 Å². The Morgan fingerprint density at radius 3 is 2.48 bits per heavy atom. The van der Waals surface area contributed by atoms with Gasteiger partial charge in [0.15, 0.2) is 0 Å². The van der Waals surface area contributed by atoms with Crippen LogP contribution in [-0.4, -0.2) is 25.8 Å². The second-order valence-corrected chi connectivity index (χ2v) is 5.44. The summed E-state index contributed by atoms with van der Waals surface area (Å²) in [5.41, 5.74) is 2.03. The highest BCUT2D eigenvalue weighted by Gasteiger charge is 2.34. The van der Waals surface area contributed by atoms with E-state index in [0.29, 0.717) is 17.0 Å². The smallest absolute Gasteiger partial charge is 0.378 e. The highest BCUT2D eigenvalue weighted by Crippen LogP contribution is 2.38. The predicted octanol–water partition coefficient (Wildman–Crippen LogP) is 4.12. The molecule has 1 N–H and O–H groups in total. The maximum Gasteiger partial charge on any atom is 0.417 e. The highest BCUT2D eigenvalue weighted by atomic mass is 35.5. The van der Waals surface area contributed by atoms with Crippen molar-refractivity contribution >= 4 is 23.7 Å². The molecule has 0 aromatic heterocycles. The van der Waals surface area contributed by atoms with Crippen molar-refractivity contribution in [3.63, 3.8) is 0 Å². The van der Waals surface area contributed by atoms with Gasteiger partial charge < -0.3 is 4.74 Å². The zero-order valence-electron chi connectivity index (χ0n) is 13.1. The van der Waals surface area contributed by atoms with Crippen LogP contribution >= 0.6 is 11.6 Å². The van der Waals surface area contributed by atoms with Gasteiger partial charge in [0.1, 0.15) is 0 Å². The summed E-state index contributed by atoms with van der Waals surface area (Å²) in [6.07, 6.45) is -4.25. The van der Waals surface area contributed by atoms with Gasteiger partial charge in [-0.2, -0.15) is 18.3 Å². The van der Waals surface area contributed by atoms with Crippen molar-refractivity contribution in [3.05, 3.63) is 58.6 Å². The van der Waals surface area contributed by atoms with Gasteiger partial charge in [0.05, 0.1) is 17.9 Å². The minimum absolute atomic E-state index is 0.0213. The van der Waals surface area contributed by atoms with E-state index in [9.17, 15) is 18.0 Å². The molecule has 8 heteroatoms. The minimum Gasteiger partial charge on any atom is -0.378 e. The normalized spacial score (nSPS) is 12.1. The van der Waals surface area contributed by atoms with Crippen LogP contribution in [0.3, 0.4) is 0 Å². The average Bonchev–Trinajstić information content (AvgIpc) is 2.58. The molecule has 0 saturated carbocycles. The van der Waals surface area contributed by atoms with Crippen LogP contribution in [0.2, 0.25) is 5.02 Å². The van der Waals surface area contributed by atoms with E-state index < -0.39 is 11.7 Å². The van der Waals surface area contributed by atoms with Crippen LogP contribution in [-0.2, 0) is 15.7 Å². The van der Waals surface area contributed by atoms with Gasteiger partial charge in [-0.15, -0.1) is 0 Å². The van der Waals surface area contributed by atoms with Crippen molar-refractivity contribution in [1.82, 2.24) is 5.43 Å². The molecule has 0 unspecified atom stereocenters. The molecular formula is C17H14ClF3N2O2. The second-order valence-electron chi connectivity index (χ2n) is 5.00. The molecule has 0 atom stereocenters. The number of halogens is 4. The molecule has 0 heterocycles. The summed E-state index contributed by atoms with van der Waals surface area (Å²) < 4.78 is 45.5. The molecule has 2 rings (SSSR count). The highest BCUT2D eigenvalue weighted by molar-refractivity contribution is 6.30. The number of rotatable bonds is 6. The molecule has 2 aromatic carbocycles. The van der Waals surface area contributed by atoms with Gasteiger partial charge in [-0.05, 0) is 29.3 Å². The van der Waals surface area contributed by atoms with Crippen LogP contribution in [0.15, 0.2) is 47.6 Å². The van der Waals surface area contributed by atoms with E-state index >= 15 is 0 Å². The Labute approximate surface area is 147 Å². The SMILES string of the molecule is COC/C(=N\NC=O)c1ccc(-c2ccc(Cl)cc2)c(C(F)(F)F)c1. The number of amides is 1. The lowest BCUT2D eigenvalue weighted by molar-refractivity contribution is -0.137. The van der Waals surface area contributed by atoms with Crippen molar-refractivity contribution in [3.8, 4) is 11.1 Å². The van der Waals surface area contributed by atoms with Gasteiger partial charge >= 0.3 is 6.18 Å². The topological polar surface area (TPSA) is 50.7 Å². The molecule has 0 radical (unpaired) electrons. The molecule has 1 amide bonds. The molecule has 0 spiro atoms. The number of carbonyl (C=O) groups is 1. The van der Waals surface area contributed by atoms with E-state index in [2.05, 4.69) is 10.5 Å². The van der Waals surface area contributed by atoms with E-state index in [-0.39, 0.29) is 23.4 Å². The predicted molar refractivity (Wildman–Crippen MR) is 89.5 cm³/mol. The fourth-order valence-electron chi connectivity index (χ4n) is 2.26. The quantitative estimate of drug-likeness (QED) is 0.472. The molecule has 4 nitrogen and oxygen atoms in total. The fourth-order valence-corrected chi connectivity index (χ4v) is 2.39. The number of carbonyl (C=O) groups excluding carboxylic acids is 1. The van der Waals surface area contributed by atoms with E-state index in [0.717, 1.165) is 6.07 Å². The van der Waals surface area contributed by atoms with Gasteiger partial charge in [-0.25, -0.2) is 5.43 Å². The first-order valence-corrected chi connectivity index (χ1v) is 7.47. The fraction of sp³-hybridized carbons (Fsp3) is 0.176. The Kier molecular flexibility index (Phi) is 6.17. The number of nitrogens with one attached hydrogen (secondary N) is 1. The maximum atomic E-state index is 13.5. The third kappa shape index (κ3) is 4.80. The lowest BCUT2D eigenvalue weighted by Gasteiger charge is -2.15. The molecule has 0 fully saturated rings. The van der Waals surface area contributed by atoms with Crippen molar-refractivity contribution in [2.45, 2.75) is 6.18 Å². The average molecular weight is 371 g/mol. The molecule has 0 bridgehead atoms. The summed E-state index contributed by atoms with van der Waals surface area (Å²) in [5.74, 6) is 0. The second kappa shape index (κ2) is 8.13. The first-order valence-electron chi connectivity index (χ1n) is 7.09. The summed E-state index contributed by atoms with van der Waals surface area (Å²) in [5, 5.41) is 4.16. The Morgan fingerprint density at radius 1 is 1.24 bits per heavy atom. The molecule has 0 aliphatic rings. The number of alkyl halides is 3. The largest absolute Gasteiger partial charge is 0.417 e. The monoisotopic (exact) mass is 370 g/mol. The van der Waals surface area contributed by atoms with Gasteiger partial charge in [-0.1, -0.05) is 35.9 Å². The van der Waals surface area contributed by atoms with Crippen molar-refractivity contribution < 1.29 is 22.7 Å². The van der Waals surface area contributed by atoms with Crippen LogP contribution < -0.4 is 5.43 Å². The summed E-state index contributed by atoms with van der Waals surface area (Å²) in [6.45, 7) is -0.0571. The van der Waals surface area contributed by atoms with Crippen LogP contribution in [0.4, 0.5) is 13.2 Å². The lowest BCUT2D eigenvalue weighted by atomic mass is 9.96. The van der Waals surface area contributed by atoms with Crippen molar-refractivity contribution in [2.24, 2.45) is 5.10 Å². The molecule has 0 saturated heterocycles. The number of hydrogen-bond donors (Lipinski definition) is 1. The van der Waals surface area contributed by atoms with Gasteiger partial charge in [-0.3, -0.25) is 4.79 Å². The first kappa shape index (κ1) is 19.0. The molecule has 0 aliphatic carbocycles. The van der Waals surface area contributed by atoms with Crippen LogP contribution in [0, 0.1) is 0 Å². The number of hydrazone groups is 1. The summed E-state index contributed by atoms with van der Waals surface area (Å²) >= 11 is 5.79. The van der Waals surface area contributed by atoms with Gasteiger partial charge in [0, 0.05) is 17.7 Å². The van der Waals surface area contributed by atoms with Crippen molar-refractivity contribution in [1.29, 1.82) is 0 Å². The summed E-state index contributed by atoms with van der Waals surface area (Å²) in [6, 6.07) is 9.91. The zero-order chi connectivity index (χ0) is 18.4. The lowest BCUT2D eigenvalue weighted by Crippen LogP contribution is -2.16. The van der Waals surface area contributed by atoms with Crippen LogP contribution in [0.25, 0.3) is 11.1 Å². The van der Waals surface area contributed by atoms with Crippen LogP contribution in [0.1, 0.15) is 11.1 Å². The Hall–Kier alpha value is -2.38. The standard InChI is InChI=1S/C17H14ClF3N2O2/c1-25-9-16(23-22-10-24)12-4-7-14(15(8-12)17(19,20)21)11-2-5-13(18)6-3-11/h2-8,10H,9H2,1H3,(H,22,24)/b23-16+. The molecule has 25 heavy (non-hydrogen) atoms. The Morgan fingerprint density at radius 2 is 1.92 bits per heavy atom. The number of nitrogens with zero attached hydrogens (tertiary/aromatic N) is 1.